The van der Waals surface area contributed by atoms with Crippen LogP contribution in [0.3, 0.4) is 0 Å². The Kier molecular flexibility index (Phi) is 6.77. The number of rotatable bonds is 6. The van der Waals surface area contributed by atoms with Crippen LogP contribution in [0.15, 0.2) is 24.3 Å². The molecule has 1 aliphatic heterocycles. The minimum Gasteiger partial charge on any atom is -0.350 e. The first-order chi connectivity index (χ1) is 10.5. The van der Waals surface area contributed by atoms with Gasteiger partial charge >= 0.3 is 0 Å². The van der Waals surface area contributed by atoms with Crippen molar-refractivity contribution >= 4 is 17.7 Å². The van der Waals surface area contributed by atoms with E-state index in [0.717, 1.165) is 24.5 Å². The Hall–Kier alpha value is -1.00. The molecule has 1 saturated heterocycles. The third-order valence-corrected chi connectivity index (χ3v) is 5.06. The largest absolute Gasteiger partial charge is 0.350 e. The lowest BCUT2D eigenvalue weighted by atomic mass is 10.00. The highest BCUT2D eigenvalue weighted by Crippen LogP contribution is 2.16. The monoisotopic (exact) mass is 320 g/mol. The second-order valence-electron chi connectivity index (χ2n) is 6.56. The standard InChI is InChI=1S/C18H28N2OS/c1-13(2)10-15-4-6-16(7-5-15)14(3)20-18(21)11-17-12-22-9-8-19-17/h4-7,13-14,17,19H,8-12H2,1-3H3,(H,20,21). The topological polar surface area (TPSA) is 41.1 Å². The smallest absolute Gasteiger partial charge is 0.222 e. The predicted molar refractivity (Wildman–Crippen MR) is 95.3 cm³/mol. The van der Waals surface area contributed by atoms with Crippen molar-refractivity contribution in [1.82, 2.24) is 10.6 Å². The van der Waals surface area contributed by atoms with Crippen LogP contribution in [-0.4, -0.2) is 30.0 Å². The molecule has 3 nitrogen and oxygen atoms in total. The molecule has 0 saturated carbocycles. The molecule has 4 heteroatoms. The summed E-state index contributed by atoms with van der Waals surface area (Å²) >= 11 is 1.92. The number of carbonyl (C=O) groups is 1. The zero-order valence-electron chi connectivity index (χ0n) is 13.9. The van der Waals surface area contributed by atoms with E-state index in [1.54, 1.807) is 0 Å². The third kappa shape index (κ3) is 5.65. The molecule has 0 bridgehead atoms. The molecule has 2 atom stereocenters. The summed E-state index contributed by atoms with van der Waals surface area (Å²) in [4.78, 5) is 12.1. The zero-order chi connectivity index (χ0) is 15.9. The Balaban J connectivity index is 1.82. The molecule has 0 aliphatic carbocycles. The van der Waals surface area contributed by atoms with Crippen LogP contribution >= 0.6 is 11.8 Å². The lowest BCUT2D eigenvalue weighted by molar-refractivity contribution is -0.122. The molecule has 2 unspecified atom stereocenters. The van der Waals surface area contributed by atoms with Crippen molar-refractivity contribution < 1.29 is 4.79 Å². The Labute approximate surface area is 138 Å². The quantitative estimate of drug-likeness (QED) is 0.846. The number of amides is 1. The first-order valence-corrected chi connectivity index (χ1v) is 9.39. The fraction of sp³-hybridized carbons (Fsp3) is 0.611. The van der Waals surface area contributed by atoms with Crippen LogP contribution in [0.4, 0.5) is 0 Å². The Bertz CT molecular complexity index is 466. The van der Waals surface area contributed by atoms with Gasteiger partial charge in [-0.15, -0.1) is 0 Å². The number of hydrogen-bond donors (Lipinski definition) is 2. The van der Waals surface area contributed by atoms with Crippen LogP contribution in [0.25, 0.3) is 0 Å². The van der Waals surface area contributed by atoms with Gasteiger partial charge in [0.25, 0.3) is 0 Å². The lowest BCUT2D eigenvalue weighted by Crippen LogP contribution is -2.41. The molecule has 1 amide bonds. The van der Waals surface area contributed by atoms with Gasteiger partial charge in [0, 0.05) is 30.5 Å². The molecule has 1 aromatic carbocycles. The van der Waals surface area contributed by atoms with Gasteiger partial charge in [-0.25, -0.2) is 0 Å². The van der Waals surface area contributed by atoms with Gasteiger partial charge < -0.3 is 10.6 Å². The number of hydrogen-bond acceptors (Lipinski definition) is 3. The summed E-state index contributed by atoms with van der Waals surface area (Å²) in [6, 6.07) is 9.01. The summed E-state index contributed by atoms with van der Waals surface area (Å²) in [6.07, 6.45) is 1.68. The zero-order valence-corrected chi connectivity index (χ0v) is 14.7. The molecule has 2 rings (SSSR count). The van der Waals surface area contributed by atoms with Gasteiger partial charge in [0.05, 0.1) is 6.04 Å². The van der Waals surface area contributed by atoms with E-state index < -0.39 is 0 Å². The van der Waals surface area contributed by atoms with Crippen molar-refractivity contribution in [2.75, 3.05) is 18.1 Å². The maximum absolute atomic E-state index is 12.1. The highest BCUT2D eigenvalue weighted by molar-refractivity contribution is 7.99. The van der Waals surface area contributed by atoms with E-state index in [4.69, 9.17) is 0 Å². The molecule has 1 aromatic rings. The highest BCUT2D eigenvalue weighted by atomic mass is 32.2. The van der Waals surface area contributed by atoms with Crippen molar-refractivity contribution in [3.8, 4) is 0 Å². The number of nitrogens with one attached hydrogen (secondary N) is 2. The molecule has 1 aliphatic rings. The van der Waals surface area contributed by atoms with E-state index in [2.05, 4.69) is 55.7 Å². The molecule has 122 valence electrons. The number of carbonyl (C=O) groups excluding carboxylic acids is 1. The van der Waals surface area contributed by atoms with Crippen molar-refractivity contribution in [3.63, 3.8) is 0 Å². The van der Waals surface area contributed by atoms with Crippen LogP contribution in [0, 0.1) is 5.92 Å². The highest BCUT2D eigenvalue weighted by Gasteiger charge is 2.18. The summed E-state index contributed by atoms with van der Waals surface area (Å²) in [5, 5.41) is 6.52. The van der Waals surface area contributed by atoms with Crippen molar-refractivity contribution in [3.05, 3.63) is 35.4 Å². The van der Waals surface area contributed by atoms with Gasteiger partial charge in [-0.05, 0) is 30.4 Å². The minimum absolute atomic E-state index is 0.0665. The van der Waals surface area contributed by atoms with E-state index in [1.165, 1.54) is 11.1 Å². The van der Waals surface area contributed by atoms with Crippen LogP contribution in [0.1, 0.15) is 44.4 Å². The summed E-state index contributed by atoms with van der Waals surface area (Å²) in [5.74, 6) is 2.99. The Morgan fingerprint density at radius 1 is 1.32 bits per heavy atom. The van der Waals surface area contributed by atoms with Gasteiger partial charge in [-0.3, -0.25) is 4.79 Å². The maximum Gasteiger partial charge on any atom is 0.222 e. The molecule has 1 fully saturated rings. The minimum atomic E-state index is 0.0665. The molecule has 1 heterocycles. The SMILES string of the molecule is CC(C)Cc1ccc(C(C)NC(=O)CC2CSCCN2)cc1. The van der Waals surface area contributed by atoms with Crippen LogP contribution in [0.2, 0.25) is 0 Å². The van der Waals surface area contributed by atoms with Gasteiger partial charge in [-0.1, -0.05) is 38.1 Å². The van der Waals surface area contributed by atoms with Crippen LogP contribution in [-0.2, 0) is 11.2 Å². The van der Waals surface area contributed by atoms with Gasteiger partial charge in [0.2, 0.25) is 5.91 Å². The molecule has 22 heavy (non-hydrogen) atoms. The van der Waals surface area contributed by atoms with Crippen molar-refractivity contribution in [2.24, 2.45) is 5.92 Å². The Morgan fingerprint density at radius 2 is 2.05 bits per heavy atom. The lowest BCUT2D eigenvalue weighted by Gasteiger charge is -2.23. The molecule has 2 N–H and O–H groups in total. The van der Waals surface area contributed by atoms with Gasteiger partial charge in [0.15, 0.2) is 0 Å². The number of benzene rings is 1. The summed E-state index contributed by atoms with van der Waals surface area (Å²) in [6.45, 7) is 7.52. The van der Waals surface area contributed by atoms with Gasteiger partial charge in [0.1, 0.15) is 0 Å². The fourth-order valence-corrected chi connectivity index (χ4v) is 3.72. The fourth-order valence-electron chi connectivity index (χ4n) is 2.77. The summed E-state index contributed by atoms with van der Waals surface area (Å²) in [5.41, 5.74) is 2.53. The third-order valence-electron chi connectivity index (χ3n) is 3.93. The van der Waals surface area contributed by atoms with Crippen molar-refractivity contribution in [2.45, 2.75) is 45.7 Å². The average molecular weight is 321 g/mol. The van der Waals surface area contributed by atoms with E-state index in [-0.39, 0.29) is 11.9 Å². The molecule has 0 radical (unpaired) electrons. The number of thioether (sulfide) groups is 1. The van der Waals surface area contributed by atoms with E-state index in [9.17, 15) is 4.79 Å². The Morgan fingerprint density at radius 3 is 2.64 bits per heavy atom. The predicted octanol–water partition coefficient (Wildman–Crippen LogP) is 3.16. The molecular formula is C18H28N2OS. The second kappa shape index (κ2) is 8.59. The van der Waals surface area contributed by atoms with E-state index >= 15 is 0 Å². The normalized spacial score (nSPS) is 19.9. The first kappa shape index (κ1) is 17.4. The average Bonchev–Trinajstić information content (AvgIpc) is 2.48. The summed E-state index contributed by atoms with van der Waals surface area (Å²) in [7, 11) is 0. The second-order valence-corrected chi connectivity index (χ2v) is 7.71. The van der Waals surface area contributed by atoms with Crippen LogP contribution in [0.5, 0.6) is 0 Å². The van der Waals surface area contributed by atoms with Crippen LogP contribution < -0.4 is 10.6 Å². The first-order valence-electron chi connectivity index (χ1n) is 8.24. The summed E-state index contributed by atoms with van der Waals surface area (Å²) < 4.78 is 0. The van der Waals surface area contributed by atoms with E-state index in [0.29, 0.717) is 18.4 Å². The molecule has 0 spiro atoms. The van der Waals surface area contributed by atoms with Gasteiger partial charge in [-0.2, -0.15) is 11.8 Å². The molecular weight excluding hydrogens is 292 g/mol. The van der Waals surface area contributed by atoms with E-state index in [1.807, 2.05) is 11.8 Å². The molecule has 0 aromatic heterocycles. The van der Waals surface area contributed by atoms with Crippen molar-refractivity contribution in [1.29, 1.82) is 0 Å². The maximum atomic E-state index is 12.1.